The molecular weight excluding hydrogens is 394 g/mol. The van der Waals surface area contributed by atoms with E-state index in [1.54, 1.807) is 24.0 Å². The van der Waals surface area contributed by atoms with Crippen LogP contribution in [0.4, 0.5) is 0 Å². The van der Waals surface area contributed by atoms with Crippen molar-refractivity contribution in [1.82, 2.24) is 4.98 Å². The van der Waals surface area contributed by atoms with Gasteiger partial charge in [0, 0.05) is 19.3 Å². The van der Waals surface area contributed by atoms with Gasteiger partial charge in [0.05, 0.1) is 18.3 Å². The van der Waals surface area contributed by atoms with Crippen molar-refractivity contribution in [1.29, 1.82) is 0 Å². The molecule has 0 radical (unpaired) electrons. The highest BCUT2D eigenvalue weighted by Gasteiger charge is 2.59. The molecule has 0 aromatic carbocycles. The molecule has 0 saturated heterocycles. The highest BCUT2D eigenvalue weighted by Crippen LogP contribution is 2.68. The molecule has 30 heavy (non-hydrogen) atoms. The highest BCUT2D eigenvalue weighted by molar-refractivity contribution is 7.13. The zero-order valence-electron chi connectivity index (χ0n) is 18.8. The summed E-state index contributed by atoms with van der Waals surface area (Å²) < 4.78 is 11.0. The first-order valence-electron chi connectivity index (χ1n) is 11.7. The SMILES string of the molecule is COc1cnc([C@H]2CC[C@H]3[C@@H]4CC=C5C[C@@H](OC(C)=O)CC[C@]5(C)[C@H]4CC[C@]23C)s1. The largest absolute Gasteiger partial charge is 0.486 e. The van der Waals surface area contributed by atoms with Crippen LogP contribution in [0.2, 0.25) is 0 Å². The van der Waals surface area contributed by atoms with Crippen LogP contribution >= 0.6 is 11.3 Å². The molecule has 1 aromatic heterocycles. The Labute approximate surface area is 184 Å². The molecule has 4 aliphatic carbocycles. The summed E-state index contributed by atoms with van der Waals surface area (Å²) in [5.74, 6) is 2.79. The number of hydrogen-bond acceptors (Lipinski definition) is 5. The van der Waals surface area contributed by atoms with E-state index in [1.165, 1.54) is 44.0 Å². The Kier molecular flexibility index (Phi) is 5.04. The molecule has 3 saturated carbocycles. The second-order valence-corrected chi connectivity index (χ2v) is 11.7. The van der Waals surface area contributed by atoms with Crippen LogP contribution in [0.15, 0.2) is 17.8 Å². The van der Waals surface area contributed by atoms with Gasteiger partial charge in [-0.2, -0.15) is 0 Å². The summed E-state index contributed by atoms with van der Waals surface area (Å²) in [5, 5.41) is 2.23. The molecule has 4 nitrogen and oxygen atoms in total. The van der Waals surface area contributed by atoms with Gasteiger partial charge in [-0.05, 0) is 73.5 Å². The van der Waals surface area contributed by atoms with E-state index in [1.807, 2.05) is 6.20 Å². The Morgan fingerprint density at radius 3 is 2.73 bits per heavy atom. The molecule has 164 valence electrons. The smallest absolute Gasteiger partial charge is 0.302 e. The molecule has 0 bridgehead atoms. The predicted octanol–water partition coefficient (Wildman–Crippen LogP) is 6.13. The number of carbonyl (C=O) groups is 1. The van der Waals surface area contributed by atoms with Crippen molar-refractivity contribution >= 4 is 17.3 Å². The number of carbonyl (C=O) groups excluding carboxylic acids is 1. The van der Waals surface area contributed by atoms with Crippen molar-refractivity contribution in [2.45, 2.75) is 84.2 Å². The van der Waals surface area contributed by atoms with E-state index < -0.39 is 0 Å². The maximum absolute atomic E-state index is 11.5. The molecule has 7 atom stereocenters. The molecule has 5 rings (SSSR count). The molecule has 0 amide bonds. The van der Waals surface area contributed by atoms with Gasteiger partial charge in [0.25, 0.3) is 0 Å². The molecule has 0 spiro atoms. The fourth-order valence-corrected chi connectivity index (χ4v) is 8.93. The number of ether oxygens (including phenoxy) is 2. The van der Waals surface area contributed by atoms with E-state index in [2.05, 4.69) is 19.9 Å². The Balaban J connectivity index is 1.39. The second kappa shape index (κ2) is 7.36. The lowest BCUT2D eigenvalue weighted by atomic mass is 9.47. The maximum Gasteiger partial charge on any atom is 0.302 e. The van der Waals surface area contributed by atoms with Crippen LogP contribution in [-0.2, 0) is 9.53 Å². The third-order valence-corrected chi connectivity index (χ3v) is 10.5. The summed E-state index contributed by atoms with van der Waals surface area (Å²) in [6.45, 7) is 6.61. The summed E-state index contributed by atoms with van der Waals surface area (Å²) in [6.07, 6.45) is 14.1. The number of aromatic nitrogens is 1. The van der Waals surface area contributed by atoms with Crippen LogP contribution in [0.5, 0.6) is 5.06 Å². The second-order valence-electron chi connectivity index (χ2n) is 10.6. The van der Waals surface area contributed by atoms with E-state index in [0.29, 0.717) is 16.7 Å². The minimum absolute atomic E-state index is 0.0861. The Morgan fingerprint density at radius 1 is 1.17 bits per heavy atom. The number of thiazole rings is 1. The number of allylic oxidation sites excluding steroid dienone is 1. The van der Waals surface area contributed by atoms with Crippen molar-refractivity contribution in [3.8, 4) is 5.06 Å². The Bertz CT molecular complexity index is 862. The number of rotatable bonds is 3. The fourth-order valence-electron chi connectivity index (χ4n) is 7.90. The van der Waals surface area contributed by atoms with E-state index in [4.69, 9.17) is 14.5 Å². The standard InChI is InChI=1S/C25H35NO3S/c1-15(27)29-17-9-11-24(2)16(13-17)5-6-18-19-7-8-21(23-26-14-22(28-4)30-23)25(19,3)12-10-20(18)24/h5,14,17-21H,6-13H2,1-4H3/t17-,18-,19-,20-,21+,24-,25-/m0/s1. The van der Waals surface area contributed by atoms with Gasteiger partial charge in [0.1, 0.15) is 6.10 Å². The lowest BCUT2D eigenvalue weighted by Gasteiger charge is -2.58. The number of esters is 1. The zero-order valence-corrected chi connectivity index (χ0v) is 19.6. The van der Waals surface area contributed by atoms with E-state index in [-0.39, 0.29) is 12.1 Å². The van der Waals surface area contributed by atoms with E-state index in [9.17, 15) is 4.79 Å². The van der Waals surface area contributed by atoms with Gasteiger partial charge in [-0.3, -0.25) is 4.79 Å². The number of methoxy groups -OCH3 is 1. The molecule has 1 heterocycles. The summed E-state index contributed by atoms with van der Waals surface area (Å²) in [5.41, 5.74) is 2.23. The monoisotopic (exact) mass is 429 g/mol. The van der Waals surface area contributed by atoms with Crippen molar-refractivity contribution in [2.24, 2.45) is 28.6 Å². The summed E-state index contributed by atoms with van der Waals surface area (Å²) >= 11 is 1.75. The van der Waals surface area contributed by atoms with E-state index >= 15 is 0 Å². The molecule has 5 heteroatoms. The first-order chi connectivity index (χ1) is 14.3. The Morgan fingerprint density at radius 2 is 2.00 bits per heavy atom. The van der Waals surface area contributed by atoms with Gasteiger partial charge in [-0.1, -0.05) is 36.8 Å². The topological polar surface area (TPSA) is 48.4 Å². The number of nitrogens with zero attached hydrogens (tertiary/aromatic N) is 1. The number of fused-ring (bicyclic) bond motifs is 5. The molecule has 0 aliphatic heterocycles. The normalized spacial score (nSPS) is 42.5. The quantitative estimate of drug-likeness (QED) is 0.428. The first kappa shape index (κ1) is 20.5. The van der Waals surface area contributed by atoms with Gasteiger partial charge in [-0.15, -0.1) is 0 Å². The summed E-state index contributed by atoms with van der Waals surface area (Å²) in [6, 6.07) is 0. The minimum Gasteiger partial charge on any atom is -0.486 e. The first-order valence-corrected chi connectivity index (χ1v) is 12.5. The molecule has 0 N–H and O–H groups in total. The Hall–Kier alpha value is -1.36. The van der Waals surface area contributed by atoms with Crippen molar-refractivity contribution in [3.63, 3.8) is 0 Å². The van der Waals surface area contributed by atoms with E-state index in [0.717, 1.165) is 42.1 Å². The third kappa shape index (κ3) is 3.06. The van der Waals surface area contributed by atoms with Crippen LogP contribution in [0.3, 0.4) is 0 Å². The van der Waals surface area contributed by atoms with Gasteiger partial charge in [0.2, 0.25) is 0 Å². The molecule has 3 fully saturated rings. The van der Waals surface area contributed by atoms with Crippen LogP contribution in [0, 0.1) is 28.6 Å². The highest BCUT2D eigenvalue weighted by atomic mass is 32.1. The van der Waals surface area contributed by atoms with Crippen molar-refractivity contribution < 1.29 is 14.3 Å². The van der Waals surface area contributed by atoms with Crippen molar-refractivity contribution in [2.75, 3.05) is 7.11 Å². The average Bonchev–Trinajstić information content (AvgIpc) is 3.31. The summed E-state index contributed by atoms with van der Waals surface area (Å²) in [7, 11) is 1.74. The van der Waals surface area contributed by atoms with Crippen LogP contribution in [0.25, 0.3) is 0 Å². The fraction of sp³-hybridized carbons (Fsp3) is 0.760. The maximum atomic E-state index is 11.5. The van der Waals surface area contributed by atoms with Gasteiger partial charge in [-0.25, -0.2) is 4.98 Å². The third-order valence-electron chi connectivity index (χ3n) is 9.39. The average molecular weight is 430 g/mol. The molecule has 1 aromatic rings. The van der Waals surface area contributed by atoms with Crippen LogP contribution in [-0.4, -0.2) is 24.2 Å². The predicted molar refractivity (Wildman–Crippen MR) is 119 cm³/mol. The van der Waals surface area contributed by atoms with Gasteiger partial charge in [0.15, 0.2) is 5.06 Å². The lowest BCUT2D eigenvalue weighted by Crippen LogP contribution is -2.50. The van der Waals surface area contributed by atoms with Gasteiger partial charge >= 0.3 is 5.97 Å². The molecule has 0 unspecified atom stereocenters. The minimum atomic E-state index is -0.137. The van der Waals surface area contributed by atoms with Crippen LogP contribution < -0.4 is 4.74 Å². The van der Waals surface area contributed by atoms with Crippen LogP contribution in [0.1, 0.15) is 83.1 Å². The molecule has 4 aliphatic rings. The zero-order chi connectivity index (χ0) is 21.1. The lowest BCUT2D eigenvalue weighted by molar-refractivity contribution is -0.148. The van der Waals surface area contributed by atoms with Crippen molar-refractivity contribution in [3.05, 3.63) is 22.9 Å². The van der Waals surface area contributed by atoms with Gasteiger partial charge < -0.3 is 9.47 Å². The molecular formula is C25H35NO3S. The summed E-state index contributed by atoms with van der Waals surface area (Å²) in [4.78, 5) is 16.2. The number of hydrogen-bond donors (Lipinski definition) is 0.